The quantitative estimate of drug-likeness (QED) is 0.413. The number of hydrogen-bond donors (Lipinski definition) is 3. The highest BCUT2D eigenvalue weighted by atomic mass is 16.5. The fraction of sp³-hybridized carbons (Fsp3) is 0.276. The molecular formula is C29H32N4O4. The first-order chi connectivity index (χ1) is 17.9. The first-order valence-electron chi connectivity index (χ1n) is 12.4. The molecule has 8 nitrogen and oxygen atoms in total. The van der Waals surface area contributed by atoms with Crippen LogP contribution in [0.4, 0.5) is 11.4 Å². The zero-order valence-electron chi connectivity index (χ0n) is 21.1. The summed E-state index contributed by atoms with van der Waals surface area (Å²) in [6, 6.07) is 21.0. The van der Waals surface area contributed by atoms with Crippen molar-refractivity contribution in [3.63, 3.8) is 0 Å². The number of anilines is 2. The summed E-state index contributed by atoms with van der Waals surface area (Å²) in [5.74, 6) is -0.148. The van der Waals surface area contributed by atoms with E-state index in [9.17, 15) is 14.4 Å². The highest BCUT2D eigenvalue weighted by molar-refractivity contribution is 6.13. The van der Waals surface area contributed by atoms with Crippen LogP contribution in [-0.2, 0) is 22.7 Å². The van der Waals surface area contributed by atoms with Crippen LogP contribution in [0.25, 0.3) is 0 Å². The van der Waals surface area contributed by atoms with Crippen LogP contribution in [0.1, 0.15) is 41.8 Å². The van der Waals surface area contributed by atoms with E-state index in [1.807, 2.05) is 56.3 Å². The molecule has 37 heavy (non-hydrogen) atoms. The Bertz CT molecular complexity index is 1280. The molecule has 4 rings (SSSR count). The lowest BCUT2D eigenvalue weighted by Gasteiger charge is -2.37. The third kappa shape index (κ3) is 6.34. The molecular weight excluding hydrogens is 468 g/mol. The van der Waals surface area contributed by atoms with Gasteiger partial charge in [-0.25, -0.2) is 0 Å². The first kappa shape index (κ1) is 25.9. The van der Waals surface area contributed by atoms with Gasteiger partial charge in [-0.1, -0.05) is 56.3 Å². The second kappa shape index (κ2) is 11.7. The van der Waals surface area contributed by atoms with Gasteiger partial charge in [-0.05, 0) is 53.8 Å². The van der Waals surface area contributed by atoms with Crippen LogP contribution in [0.5, 0.6) is 5.75 Å². The van der Waals surface area contributed by atoms with Crippen molar-refractivity contribution in [2.75, 3.05) is 16.8 Å². The van der Waals surface area contributed by atoms with Gasteiger partial charge in [0.25, 0.3) is 11.8 Å². The Morgan fingerprint density at radius 1 is 1.03 bits per heavy atom. The fourth-order valence-corrected chi connectivity index (χ4v) is 4.34. The van der Waals surface area contributed by atoms with Gasteiger partial charge in [-0.2, -0.15) is 0 Å². The topological polar surface area (TPSA) is 114 Å². The van der Waals surface area contributed by atoms with Gasteiger partial charge in [0, 0.05) is 18.7 Å². The van der Waals surface area contributed by atoms with Gasteiger partial charge in [-0.15, -0.1) is 0 Å². The molecule has 1 heterocycles. The Labute approximate surface area is 216 Å². The van der Waals surface area contributed by atoms with E-state index in [1.165, 1.54) is 4.90 Å². The zero-order valence-corrected chi connectivity index (χ0v) is 21.1. The van der Waals surface area contributed by atoms with Crippen molar-refractivity contribution in [3.05, 3.63) is 89.5 Å². The summed E-state index contributed by atoms with van der Waals surface area (Å²) < 4.78 is 5.68. The van der Waals surface area contributed by atoms with Gasteiger partial charge in [0.2, 0.25) is 5.91 Å². The summed E-state index contributed by atoms with van der Waals surface area (Å²) in [4.78, 5) is 40.8. The van der Waals surface area contributed by atoms with Crippen LogP contribution in [0.2, 0.25) is 0 Å². The van der Waals surface area contributed by atoms with E-state index in [4.69, 9.17) is 10.5 Å². The maximum absolute atomic E-state index is 13.3. The Morgan fingerprint density at radius 3 is 2.51 bits per heavy atom. The predicted octanol–water partition coefficient (Wildman–Crippen LogP) is 3.85. The Kier molecular flexibility index (Phi) is 8.20. The Hall–Kier alpha value is -4.17. The van der Waals surface area contributed by atoms with Crippen LogP contribution in [-0.4, -0.2) is 30.4 Å². The first-order valence-corrected chi connectivity index (χ1v) is 12.4. The van der Waals surface area contributed by atoms with Gasteiger partial charge in [0.05, 0.1) is 11.4 Å². The van der Waals surface area contributed by atoms with Crippen molar-refractivity contribution in [1.82, 2.24) is 5.32 Å². The highest BCUT2D eigenvalue weighted by Gasteiger charge is 2.37. The maximum atomic E-state index is 13.3. The van der Waals surface area contributed by atoms with Crippen molar-refractivity contribution in [3.8, 4) is 5.75 Å². The number of rotatable bonds is 9. The third-order valence-electron chi connectivity index (χ3n) is 6.14. The minimum Gasteiger partial charge on any atom is -0.484 e. The van der Waals surface area contributed by atoms with E-state index < -0.39 is 6.04 Å². The molecule has 3 aromatic rings. The van der Waals surface area contributed by atoms with Crippen molar-refractivity contribution in [1.29, 1.82) is 0 Å². The van der Waals surface area contributed by atoms with Gasteiger partial charge < -0.3 is 21.1 Å². The minimum atomic E-state index is -0.672. The molecule has 3 aromatic carbocycles. The summed E-state index contributed by atoms with van der Waals surface area (Å²) in [5, 5.41) is 5.79. The van der Waals surface area contributed by atoms with E-state index in [2.05, 4.69) is 10.6 Å². The van der Waals surface area contributed by atoms with Crippen molar-refractivity contribution in [2.24, 2.45) is 11.7 Å². The number of nitrogens with two attached hydrogens (primary N) is 1. The number of nitrogens with one attached hydrogen (secondary N) is 2. The molecule has 0 aliphatic carbocycles. The van der Waals surface area contributed by atoms with E-state index in [-0.39, 0.29) is 30.2 Å². The molecule has 1 aliphatic heterocycles. The number of hydrogen-bond acceptors (Lipinski definition) is 5. The number of benzene rings is 3. The molecule has 0 fully saturated rings. The van der Waals surface area contributed by atoms with Crippen molar-refractivity contribution in [2.45, 2.75) is 39.4 Å². The lowest BCUT2D eigenvalue weighted by molar-refractivity contribution is -0.125. The molecule has 8 heteroatoms. The van der Waals surface area contributed by atoms with Gasteiger partial charge >= 0.3 is 0 Å². The van der Waals surface area contributed by atoms with Gasteiger partial charge in [0.1, 0.15) is 11.8 Å². The molecule has 0 aromatic heterocycles. The van der Waals surface area contributed by atoms with E-state index >= 15 is 0 Å². The zero-order chi connectivity index (χ0) is 26.4. The number of ether oxygens (including phenoxy) is 1. The number of nitrogens with zero attached hydrogens (tertiary/aromatic N) is 1. The Balaban J connectivity index is 1.54. The molecule has 0 saturated carbocycles. The van der Waals surface area contributed by atoms with Gasteiger partial charge in [0.15, 0.2) is 6.61 Å². The lowest BCUT2D eigenvalue weighted by Crippen LogP contribution is -2.53. The largest absolute Gasteiger partial charge is 0.484 e. The predicted molar refractivity (Wildman–Crippen MR) is 143 cm³/mol. The van der Waals surface area contributed by atoms with E-state index in [1.54, 1.807) is 30.3 Å². The normalized spacial score (nSPS) is 14.6. The number of carbonyl (C=O) groups is 3. The highest BCUT2D eigenvalue weighted by Crippen LogP contribution is 2.35. The average molecular weight is 501 g/mol. The molecule has 4 N–H and O–H groups in total. The lowest BCUT2D eigenvalue weighted by atomic mass is 9.97. The second-order valence-corrected chi connectivity index (χ2v) is 9.44. The molecule has 3 amide bonds. The number of para-hydroxylation sites is 1. The molecule has 0 bridgehead atoms. The monoisotopic (exact) mass is 500 g/mol. The molecule has 1 unspecified atom stereocenters. The smallest absolute Gasteiger partial charge is 0.265 e. The molecule has 1 aliphatic rings. The van der Waals surface area contributed by atoms with Crippen LogP contribution in [0.3, 0.4) is 0 Å². The SMILES string of the molecule is CC(C)CC1C(=O)Nc2cc(C(=O)NCc3cccc(CN)c3)ccc2N1C(=O)COc1ccccc1. The van der Waals surface area contributed by atoms with Crippen LogP contribution >= 0.6 is 0 Å². The second-order valence-electron chi connectivity index (χ2n) is 9.44. The fourth-order valence-electron chi connectivity index (χ4n) is 4.34. The summed E-state index contributed by atoms with van der Waals surface area (Å²) in [6.07, 6.45) is 0.493. The molecule has 1 atom stereocenters. The summed E-state index contributed by atoms with van der Waals surface area (Å²) >= 11 is 0. The van der Waals surface area contributed by atoms with Crippen LogP contribution < -0.4 is 26.0 Å². The number of fused-ring (bicyclic) bond motifs is 1. The summed E-state index contributed by atoms with van der Waals surface area (Å²) in [5.41, 5.74) is 8.96. The number of amides is 3. The molecule has 192 valence electrons. The summed E-state index contributed by atoms with van der Waals surface area (Å²) in [6.45, 7) is 4.56. The average Bonchev–Trinajstić information content (AvgIpc) is 2.91. The van der Waals surface area contributed by atoms with E-state index in [0.717, 1.165) is 11.1 Å². The molecule has 0 radical (unpaired) electrons. The third-order valence-corrected chi connectivity index (χ3v) is 6.14. The maximum Gasteiger partial charge on any atom is 0.265 e. The van der Waals surface area contributed by atoms with Crippen molar-refractivity contribution < 1.29 is 19.1 Å². The minimum absolute atomic E-state index is 0.186. The van der Waals surface area contributed by atoms with Crippen LogP contribution in [0, 0.1) is 5.92 Å². The van der Waals surface area contributed by atoms with Gasteiger partial charge in [-0.3, -0.25) is 19.3 Å². The molecule has 0 spiro atoms. The van der Waals surface area contributed by atoms with Crippen LogP contribution in [0.15, 0.2) is 72.8 Å². The number of carbonyl (C=O) groups excluding carboxylic acids is 3. The summed E-state index contributed by atoms with van der Waals surface area (Å²) in [7, 11) is 0. The standard InChI is InChI=1S/C29H32N4O4/c1-19(2)13-26-29(36)32-24-15-22(28(35)31-17-21-8-6-7-20(14-21)16-30)11-12-25(24)33(26)27(34)18-37-23-9-4-3-5-10-23/h3-12,14-15,19,26H,13,16-18,30H2,1-2H3,(H,31,35)(H,32,36). The molecule has 0 saturated heterocycles. The van der Waals surface area contributed by atoms with E-state index in [0.29, 0.717) is 42.2 Å². The van der Waals surface area contributed by atoms with Crippen molar-refractivity contribution >= 4 is 29.1 Å². The Morgan fingerprint density at radius 2 is 1.78 bits per heavy atom.